The maximum absolute atomic E-state index is 13.3. The predicted octanol–water partition coefficient (Wildman–Crippen LogP) is 1.90. The molecule has 0 heterocycles. The third kappa shape index (κ3) is 3.84. The molecule has 0 radical (unpaired) electrons. The van der Waals surface area contributed by atoms with Gasteiger partial charge in [0.05, 0.1) is 5.56 Å². The second-order valence-electron chi connectivity index (χ2n) is 4.19. The molecule has 0 aromatic heterocycles. The molecule has 5 heteroatoms. The molecule has 1 aromatic rings. The Morgan fingerprint density at radius 2 is 1.83 bits per heavy atom. The highest BCUT2D eigenvalue weighted by Gasteiger charge is 2.20. The van der Waals surface area contributed by atoms with Gasteiger partial charge in [-0.05, 0) is 32.9 Å². The van der Waals surface area contributed by atoms with Gasteiger partial charge in [0.1, 0.15) is 5.82 Å². The smallest absolute Gasteiger partial charge is 0.341 e. The zero-order valence-corrected chi connectivity index (χ0v) is 10.6. The molecule has 0 unspecified atom stereocenters. The maximum atomic E-state index is 13.3. The Bertz CT molecular complexity index is 446. The minimum atomic E-state index is -0.959. The molecule has 1 atom stereocenters. The molecular weight excluding hydrogens is 237 g/mol. The first kappa shape index (κ1) is 14.2. The number of benzene rings is 1. The van der Waals surface area contributed by atoms with Crippen LogP contribution in [0.15, 0.2) is 24.3 Å². The lowest BCUT2D eigenvalue weighted by Crippen LogP contribution is -2.39. The van der Waals surface area contributed by atoms with E-state index in [0.29, 0.717) is 0 Å². The summed E-state index contributed by atoms with van der Waals surface area (Å²) in [6.07, 6.45) is -0.959. The van der Waals surface area contributed by atoms with E-state index >= 15 is 0 Å². The number of amides is 1. The van der Waals surface area contributed by atoms with Gasteiger partial charge in [-0.25, -0.2) is 9.18 Å². The van der Waals surface area contributed by atoms with Crippen molar-refractivity contribution in [1.29, 1.82) is 0 Å². The zero-order chi connectivity index (χ0) is 13.7. The summed E-state index contributed by atoms with van der Waals surface area (Å²) in [5, 5.41) is 2.60. The highest BCUT2D eigenvalue weighted by atomic mass is 19.1. The Balaban J connectivity index is 2.65. The van der Waals surface area contributed by atoms with Gasteiger partial charge in [-0.1, -0.05) is 12.1 Å². The third-order valence-electron chi connectivity index (χ3n) is 2.18. The number of hydrogen-bond donors (Lipinski definition) is 1. The molecule has 0 bridgehead atoms. The number of hydrogen-bond acceptors (Lipinski definition) is 3. The Kier molecular flexibility index (Phi) is 4.83. The van der Waals surface area contributed by atoms with E-state index < -0.39 is 23.8 Å². The van der Waals surface area contributed by atoms with Gasteiger partial charge in [0.2, 0.25) is 0 Å². The molecule has 18 heavy (non-hydrogen) atoms. The quantitative estimate of drug-likeness (QED) is 0.834. The van der Waals surface area contributed by atoms with E-state index in [9.17, 15) is 14.0 Å². The van der Waals surface area contributed by atoms with Crippen LogP contribution < -0.4 is 5.32 Å². The molecule has 0 aliphatic heterocycles. The fourth-order valence-electron chi connectivity index (χ4n) is 1.31. The summed E-state index contributed by atoms with van der Waals surface area (Å²) in [5.41, 5.74) is -0.179. The van der Waals surface area contributed by atoms with E-state index in [-0.39, 0.29) is 11.6 Å². The summed E-state index contributed by atoms with van der Waals surface area (Å²) in [6, 6.07) is 5.42. The summed E-state index contributed by atoms with van der Waals surface area (Å²) in [6.45, 7) is 5.03. The van der Waals surface area contributed by atoms with E-state index in [4.69, 9.17) is 4.74 Å². The second-order valence-corrected chi connectivity index (χ2v) is 4.19. The maximum Gasteiger partial charge on any atom is 0.341 e. The van der Waals surface area contributed by atoms with Crippen molar-refractivity contribution in [2.45, 2.75) is 32.9 Å². The van der Waals surface area contributed by atoms with Gasteiger partial charge in [-0.3, -0.25) is 4.79 Å². The van der Waals surface area contributed by atoms with Gasteiger partial charge < -0.3 is 10.1 Å². The van der Waals surface area contributed by atoms with Gasteiger partial charge in [-0.2, -0.15) is 0 Å². The van der Waals surface area contributed by atoms with Crippen LogP contribution in [0.5, 0.6) is 0 Å². The van der Waals surface area contributed by atoms with Crippen LogP contribution in [-0.4, -0.2) is 24.0 Å². The summed E-state index contributed by atoms with van der Waals surface area (Å²) < 4.78 is 18.2. The lowest BCUT2D eigenvalue weighted by atomic mass is 10.2. The van der Waals surface area contributed by atoms with Crippen LogP contribution >= 0.6 is 0 Å². The Labute approximate surface area is 105 Å². The molecule has 0 saturated carbocycles. The van der Waals surface area contributed by atoms with E-state index in [1.54, 1.807) is 13.8 Å². The minimum absolute atomic E-state index is 0.0490. The van der Waals surface area contributed by atoms with Gasteiger partial charge in [0.25, 0.3) is 5.91 Å². The summed E-state index contributed by atoms with van der Waals surface area (Å²) in [4.78, 5) is 23.1. The molecule has 0 fully saturated rings. The van der Waals surface area contributed by atoms with Crippen LogP contribution in [0.2, 0.25) is 0 Å². The molecule has 1 rings (SSSR count). The predicted molar refractivity (Wildman–Crippen MR) is 64.6 cm³/mol. The normalized spacial score (nSPS) is 12.1. The monoisotopic (exact) mass is 253 g/mol. The average molecular weight is 253 g/mol. The van der Waals surface area contributed by atoms with Crippen LogP contribution in [0.1, 0.15) is 31.1 Å². The molecule has 4 nitrogen and oxygen atoms in total. The van der Waals surface area contributed by atoms with Crippen LogP contribution in [0, 0.1) is 5.82 Å². The Morgan fingerprint density at radius 3 is 2.39 bits per heavy atom. The zero-order valence-electron chi connectivity index (χ0n) is 10.6. The standard InChI is InChI=1S/C13H16FNO3/c1-8(2)15-12(16)9(3)18-13(17)10-6-4-5-7-11(10)14/h4-9H,1-3H3,(H,15,16)/t9-/m1/s1. The van der Waals surface area contributed by atoms with Gasteiger partial charge in [0, 0.05) is 6.04 Å². The van der Waals surface area contributed by atoms with E-state index in [0.717, 1.165) is 6.07 Å². The van der Waals surface area contributed by atoms with E-state index in [1.807, 2.05) is 0 Å². The lowest BCUT2D eigenvalue weighted by molar-refractivity contribution is -0.129. The van der Waals surface area contributed by atoms with Crippen molar-refractivity contribution in [3.63, 3.8) is 0 Å². The van der Waals surface area contributed by atoms with Crippen molar-refractivity contribution in [1.82, 2.24) is 5.32 Å². The van der Waals surface area contributed by atoms with Crippen molar-refractivity contribution in [2.24, 2.45) is 0 Å². The molecule has 98 valence electrons. The highest BCUT2D eigenvalue weighted by Crippen LogP contribution is 2.09. The number of rotatable bonds is 4. The number of carbonyl (C=O) groups is 2. The molecule has 0 spiro atoms. The fraction of sp³-hybridized carbons (Fsp3) is 0.385. The van der Waals surface area contributed by atoms with Gasteiger partial charge >= 0.3 is 5.97 Å². The van der Waals surface area contributed by atoms with Crippen molar-refractivity contribution in [2.75, 3.05) is 0 Å². The van der Waals surface area contributed by atoms with Gasteiger partial charge in [-0.15, -0.1) is 0 Å². The average Bonchev–Trinajstić information content (AvgIpc) is 2.28. The SMILES string of the molecule is CC(C)NC(=O)[C@@H](C)OC(=O)c1ccccc1F. The fourth-order valence-corrected chi connectivity index (χ4v) is 1.31. The summed E-state index contributed by atoms with van der Waals surface area (Å²) >= 11 is 0. The molecule has 0 aliphatic carbocycles. The Morgan fingerprint density at radius 1 is 1.22 bits per heavy atom. The van der Waals surface area contributed by atoms with Gasteiger partial charge in [0.15, 0.2) is 6.10 Å². The molecule has 1 amide bonds. The van der Waals surface area contributed by atoms with Crippen LogP contribution in [-0.2, 0) is 9.53 Å². The van der Waals surface area contributed by atoms with Crippen molar-refractivity contribution < 1.29 is 18.7 Å². The number of nitrogens with one attached hydrogen (secondary N) is 1. The highest BCUT2D eigenvalue weighted by molar-refractivity contribution is 5.92. The van der Waals surface area contributed by atoms with Crippen LogP contribution in [0.4, 0.5) is 4.39 Å². The van der Waals surface area contributed by atoms with Crippen LogP contribution in [0.3, 0.4) is 0 Å². The number of ether oxygens (including phenoxy) is 1. The van der Waals surface area contributed by atoms with Crippen LogP contribution in [0.25, 0.3) is 0 Å². The molecular formula is C13H16FNO3. The molecule has 0 saturated heterocycles. The second kappa shape index (κ2) is 6.14. The van der Waals surface area contributed by atoms with E-state index in [2.05, 4.69) is 5.32 Å². The van der Waals surface area contributed by atoms with Crippen molar-refractivity contribution in [3.8, 4) is 0 Å². The minimum Gasteiger partial charge on any atom is -0.449 e. The number of carbonyl (C=O) groups excluding carboxylic acids is 2. The topological polar surface area (TPSA) is 55.4 Å². The first-order chi connectivity index (χ1) is 8.41. The van der Waals surface area contributed by atoms with Crippen molar-refractivity contribution >= 4 is 11.9 Å². The summed E-state index contributed by atoms with van der Waals surface area (Å²) in [7, 11) is 0. The number of halogens is 1. The molecule has 1 aromatic carbocycles. The Hall–Kier alpha value is -1.91. The third-order valence-corrected chi connectivity index (χ3v) is 2.18. The first-order valence-electron chi connectivity index (χ1n) is 5.67. The van der Waals surface area contributed by atoms with E-state index in [1.165, 1.54) is 25.1 Å². The van der Waals surface area contributed by atoms with Crippen molar-refractivity contribution in [3.05, 3.63) is 35.6 Å². The largest absolute Gasteiger partial charge is 0.449 e. The molecule has 1 N–H and O–H groups in total. The first-order valence-corrected chi connectivity index (χ1v) is 5.67. The number of esters is 1. The lowest BCUT2D eigenvalue weighted by Gasteiger charge is -2.15. The summed E-state index contributed by atoms with van der Waals surface area (Å²) in [5.74, 6) is -1.92. The molecule has 0 aliphatic rings.